The highest BCUT2D eigenvalue weighted by atomic mass is 16.3. The van der Waals surface area contributed by atoms with E-state index in [1.54, 1.807) is 0 Å². The molecule has 3 nitrogen and oxygen atoms in total. The molecular weight excluding hydrogens is 238 g/mol. The second-order valence-corrected chi connectivity index (χ2v) is 5.06. The zero-order chi connectivity index (χ0) is 14.3. The van der Waals surface area contributed by atoms with Crippen molar-refractivity contribution in [2.75, 3.05) is 6.61 Å². The van der Waals surface area contributed by atoms with Crippen molar-refractivity contribution >= 4 is 5.91 Å². The van der Waals surface area contributed by atoms with Gasteiger partial charge < -0.3 is 10.4 Å². The quantitative estimate of drug-likeness (QED) is 0.794. The lowest BCUT2D eigenvalue weighted by Gasteiger charge is -2.13. The van der Waals surface area contributed by atoms with Gasteiger partial charge in [-0.1, -0.05) is 45.0 Å². The molecule has 0 aromatic heterocycles. The summed E-state index contributed by atoms with van der Waals surface area (Å²) in [6.07, 6.45) is 1.79. The lowest BCUT2D eigenvalue weighted by molar-refractivity contribution is -0.126. The SMILES string of the molecule is CCC(CO)C(=O)NCc1ccc(C(C)CC)cc1. The van der Waals surface area contributed by atoms with Gasteiger partial charge in [-0.2, -0.15) is 0 Å². The van der Waals surface area contributed by atoms with E-state index >= 15 is 0 Å². The van der Waals surface area contributed by atoms with Crippen LogP contribution in [0.3, 0.4) is 0 Å². The van der Waals surface area contributed by atoms with Gasteiger partial charge in [-0.25, -0.2) is 0 Å². The van der Waals surface area contributed by atoms with Crippen LogP contribution in [0, 0.1) is 5.92 Å². The molecule has 0 aliphatic rings. The van der Waals surface area contributed by atoms with E-state index in [2.05, 4.69) is 43.4 Å². The van der Waals surface area contributed by atoms with Crippen LogP contribution in [0.25, 0.3) is 0 Å². The molecule has 0 heterocycles. The minimum absolute atomic E-state index is 0.0731. The fourth-order valence-corrected chi connectivity index (χ4v) is 1.93. The van der Waals surface area contributed by atoms with E-state index in [1.165, 1.54) is 5.56 Å². The average Bonchev–Trinajstić information content (AvgIpc) is 2.46. The first-order valence-electron chi connectivity index (χ1n) is 7.09. The number of hydrogen-bond acceptors (Lipinski definition) is 2. The Kier molecular flexibility index (Phi) is 6.57. The molecule has 1 aromatic rings. The molecule has 0 saturated carbocycles. The van der Waals surface area contributed by atoms with Gasteiger partial charge >= 0.3 is 0 Å². The van der Waals surface area contributed by atoms with Crippen LogP contribution in [0.5, 0.6) is 0 Å². The van der Waals surface area contributed by atoms with Crippen molar-refractivity contribution in [1.82, 2.24) is 5.32 Å². The van der Waals surface area contributed by atoms with Gasteiger partial charge in [0.05, 0.1) is 12.5 Å². The van der Waals surface area contributed by atoms with Gasteiger partial charge in [-0.3, -0.25) is 4.79 Å². The number of amides is 1. The van der Waals surface area contributed by atoms with Crippen LogP contribution in [0.4, 0.5) is 0 Å². The Labute approximate surface area is 116 Å². The zero-order valence-corrected chi connectivity index (χ0v) is 12.1. The van der Waals surface area contributed by atoms with Crippen LogP contribution in [0.15, 0.2) is 24.3 Å². The summed E-state index contributed by atoms with van der Waals surface area (Å²) in [6.45, 7) is 6.73. The smallest absolute Gasteiger partial charge is 0.225 e. The number of hydrogen-bond donors (Lipinski definition) is 2. The van der Waals surface area contributed by atoms with Crippen LogP contribution in [0.1, 0.15) is 50.7 Å². The van der Waals surface area contributed by atoms with Crippen molar-refractivity contribution in [3.8, 4) is 0 Å². The minimum Gasteiger partial charge on any atom is -0.396 e. The third kappa shape index (κ3) is 4.67. The summed E-state index contributed by atoms with van der Waals surface area (Å²) < 4.78 is 0. The molecule has 0 saturated heterocycles. The summed E-state index contributed by atoms with van der Waals surface area (Å²) in [4.78, 5) is 11.7. The van der Waals surface area contributed by atoms with E-state index in [9.17, 15) is 4.79 Å². The summed E-state index contributed by atoms with van der Waals surface area (Å²) >= 11 is 0. The van der Waals surface area contributed by atoms with Gasteiger partial charge in [-0.05, 0) is 29.9 Å². The summed E-state index contributed by atoms with van der Waals surface area (Å²) in [6, 6.07) is 8.36. The Morgan fingerprint density at radius 2 is 1.84 bits per heavy atom. The first-order chi connectivity index (χ1) is 9.12. The van der Waals surface area contributed by atoms with Crippen LogP contribution < -0.4 is 5.32 Å². The Morgan fingerprint density at radius 3 is 2.32 bits per heavy atom. The lowest BCUT2D eigenvalue weighted by atomic mass is 9.97. The standard InChI is InChI=1S/C16H25NO2/c1-4-12(3)15-8-6-13(7-9-15)10-17-16(19)14(5-2)11-18/h6-9,12,14,18H,4-5,10-11H2,1-3H3,(H,17,19). The Morgan fingerprint density at radius 1 is 1.21 bits per heavy atom. The molecule has 0 aliphatic heterocycles. The molecule has 2 N–H and O–H groups in total. The van der Waals surface area contributed by atoms with E-state index in [1.807, 2.05) is 6.92 Å². The maximum Gasteiger partial charge on any atom is 0.225 e. The molecular formula is C16H25NO2. The predicted molar refractivity (Wildman–Crippen MR) is 77.9 cm³/mol. The summed E-state index contributed by atoms with van der Waals surface area (Å²) in [5, 5.41) is 11.9. The van der Waals surface area contributed by atoms with E-state index < -0.39 is 0 Å². The number of carbonyl (C=O) groups excluding carboxylic acids is 1. The van der Waals surface area contributed by atoms with Crippen molar-refractivity contribution in [3.05, 3.63) is 35.4 Å². The fourth-order valence-electron chi connectivity index (χ4n) is 1.93. The van der Waals surface area contributed by atoms with Gasteiger partial charge in [0, 0.05) is 6.54 Å². The Balaban J connectivity index is 2.52. The van der Waals surface area contributed by atoms with Gasteiger partial charge in [0.25, 0.3) is 0 Å². The highest BCUT2D eigenvalue weighted by molar-refractivity contribution is 5.78. The van der Waals surface area contributed by atoms with Crippen LogP contribution in [-0.2, 0) is 11.3 Å². The zero-order valence-electron chi connectivity index (χ0n) is 12.1. The molecule has 1 rings (SSSR count). The molecule has 0 spiro atoms. The molecule has 1 amide bonds. The Bertz CT molecular complexity index is 382. The second kappa shape index (κ2) is 7.95. The van der Waals surface area contributed by atoms with Crippen LogP contribution in [0.2, 0.25) is 0 Å². The van der Waals surface area contributed by atoms with Gasteiger partial charge in [-0.15, -0.1) is 0 Å². The van der Waals surface area contributed by atoms with E-state index in [0.29, 0.717) is 18.9 Å². The third-order valence-corrected chi connectivity index (χ3v) is 3.71. The number of aliphatic hydroxyl groups is 1. The number of benzene rings is 1. The van der Waals surface area contributed by atoms with Crippen molar-refractivity contribution < 1.29 is 9.90 Å². The van der Waals surface area contributed by atoms with Crippen molar-refractivity contribution in [2.24, 2.45) is 5.92 Å². The molecule has 0 radical (unpaired) electrons. The van der Waals surface area contributed by atoms with Crippen LogP contribution in [-0.4, -0.2) is 17.6 Å². The molecule has 0 bridgehead atoms. The third-order valence-electron chi connectivity index (χ3n) is 3.71. The summed E-state index contributed by atoms with van der Waals surface area (Å²) in [5.41, 5.74) is 2.42. The second-order valence-electron chi connectivity index (χ2n) is 5.06. The monoisotopic (exact) mass is 263 g/mol. The number of rotatable bonds is 7. The topological polar surface area (TPSA) is 49.3 Å². The van der Waals surface area contributed by atoms with Crippen LogP contribution >= 0.6 is 0 Å². The average molecular weight is 263 g/mol. The van der Waals surface area contributed by atoms with Crippen molar-refractivity contribution in [2.45, 2.75) is 46.1 Å². The summed E-state index contributed by atoms with van der Waals surface area (Å²) in [5.74, 6) is 0.206. The Hall–Kier alpha value is -1.35. The molecule has 0 fully saturated rings. The van der Waals surface area contributed by atoms with Gasteiger partial charge in [0.2, 0.25) is 5.91 Å². The van der Waals surface area contributed by atoms with Gasteiger partial charge in [0.15, 0.2) is 0 Å². The molecule has 106 valence electrons. The van der Waals surface area contributed by atoms with E-state index in [0.717, 1.165) is 12.0 Å². The van der Waals surface area contributed by atoms with Crippen molar-refractivity contribution in [3.63, 3.8) is 0 Å². The van der Waals surface area contributed by atoms with Gasteiger partial charge in [0.1, 0.15) is 0 Å². The number of carbonyl (C=O) groups is 1. The maximum absolute atomic E-state index is 11.7. The highest BCUT2D eigenvalue weighted by Crippen LogP contribution is 2.18. The first kappa shape index (κ1) is 15.7. The molecule has 2 unspecified atom stereocenters. The molecule has 19 heavy (non-hydrogen) atoms. The first-order valence-corrected chi connectivity index (χ1v) is 7.09. The largest absolute Gasteiger partial charge is 0.396 e. The minimum atomic E-state index is -0.292. The molecule has 0 aliphatic carbocycles. The number of nitrogens with one attached hydrogen (secondary N) is 1. The fraction of sp³-hybridized carbons (Fsp3) is 0.562. The molecule has 2 atom stereocenters. The molecule has 3 heteroatoms. The van der Waals surface area contributed by atoms with Crippen molar-refractivity contribution in [1.29, 1.82) is 0 Å². The van der Waals surface area contributed by atoms with E-state index in [-0.39, 0.29) is 18.4 Å². The lowest BCUT2D eigenvalue weighted by Crippen LogP contribution is -2.31. The normalized spacial score (nSPS) is 13.9. The predicted octanol–water partition coefficient (Wildman–Crippen LogP) is 2.83. The highest BCUT2D eigenvalue weighted by Gasteiger charge is 2.14. The molecule has 1 aromatic carbocycles. The summed E-state index contributed by atoms with van der Waals surface area (Å²) in [7, 11) is 0. The number of aliphatic hydroxyl groups excluding tert-OH is 1. The maximum atomic E-state index is 11.7. The van der Waals surface area contributed by atoms with E-state index in [4.69, 9.17) is 5.11 Å².